The largest absolute Gasteiger partial charge is 0.462 e. The van der Waals surface area contributed by atoms with E-state index in [1.165, 1.54) is 154 Å². The Hall–Kier alpha value is -1.59. The van der Waals surface area contributed by atoms with Crippen molar-refractivity contribution in [3.8, 4) is 0 Å². The van der Waals surface area contributed by atoms with Crippen LogP contribution in [0, 0.1) is 11.8 Å². The predicted octanol–water partition coefficient (Wildman–Crippen LogP) is 15.4. The van der Waals surface area contributed by atoms with Crippen molar-refractivity contribution in [1.29, 1.82) is 0 Å². The van der Waals surface area contributed by atoms with Gasteiger partial charge in [0, 0.05) is 19.3 Å². The molecule has 0 saturated heterocycles. The van der Waals surface area contributed by atoms with Crippen molar-refractivity contribution < 1.29 is 28.6 Å². The number of carbonyl (C=O) groups is 3. The van der Waals surface area contributed by atoms with E-state index in [9.17, 15) is 14.4 Å². The van der Waals surface area contributed by atoms with E-state index in [-0.39, 0.29) is 31.1 Å². The Morgan fingerprint density at radius 1 is 0.345 bits per heavy atom. The van der Waals surface area contributed by atoms with Crippen LogP contribution < -0.4 is 0 Å². The van der Waals surface area contributed by atoms with Gasteiger partial charge in [0.05, 0.1) is 0 Å². The molecule has 326 valence electrons. The molecule has 0 aromatic carbocycles. The summed E-state index contributed by atoms with van der Waals surface area (Å²) in [5, 5.41) is 0. The Balaban J connectivity index is 4.29. The quantitative estimate of drug-likeness (QED) is 0.0348. The summed E-state index contributed by atoms with van der Waals surface area (Å²) in [6.07, 6.45) is 40.9. The smallest absolute Gasteiger partial charge is 0.306 e. The lowest BCUT2D eigenvalue weighted by atomic mass is 10.0. The zero-order chi connectivity index (χ0) is 40.5. The van der Waals surface area contributed by atoms with Crippen LogP contribution in [0.1, 0.15) is 266 Å². The molecule has 55 heavy (non-hydrogen) atoms. The summed E-state index contributed by atoms with van der Waals surface area (Å²) in [6.45, 7) is 11.3. The zero-order valence-corrected chi connectivity index (χ0v) is 37.6. The number of hydrogen-bond donors (Lipinski definition) is 0. The van der Waals surface area contributed by atoms with Gasteiger partial charge in [0.15, 0.2) is 6.10 Å². The van der Waals surface area contributed by atoms with Gasteiger partial charge in [0.2, 0.25) is 0 Å². The molecule has 0 aliphatic carbocycles. The molecule has 0 amide bonds. The summed E-state index contributed by atoms with van der Waals surface area (Å²) in [4.78, 5) is 37.8. The molecule has 0 aromatic heterocycles. The van der Waals surface area contributed by atoms with E-state index in [0.717, 1.165) is 69.6 Å². The molecular weight excluding hydrogens is 685 g/mol. The summed E-state index contributed by atoms with van der Waals surface area (Å²) in [6, 6.07) is 0. The monoisotopic (exact) mass is 779 g/mol. The second-order valence-electron chi connectivity index (χ2n) is 17.7. The van der Waals surface area contributed by atoms with Crippen LogP contribution in [0.3, 0.4) is 0 Å². The van der Waals surface area contributed by atoms with Crippen molar-refractivity contribution in [2.75, 3.05) is 13.2 Å². The molecule has 0 heterocycles. The first-order valence-electron chi connectivity index (χ1n) is 24.2. The summed E-state index contributed by atoms with van der Waals surface area (Å²) >= 11 is 0. The second-order valence-corrected chi connectivity index (χ2v) is 17.7. The third-order valence-corrected chi connectivity index (χ3v) is 11.0. The maximum atomic E-state index is 12.7. The molecule has 0 N–H and O–H groups in total. The average molecular weight is 779 g/mol. The first-order chi connectivity index (χ1) is 26.7. The van der Waals surface area contributed by atoms with Crippen LogP contribution in [0.2, 0.25) is 0 Å². The molecule has 0 radical (unpaired) electrons. The third kappa shape index (κ3) is 43.4. The number of esters is 3. The fourth-order valence-corrected chi connectivity index (χ4v) is 7.28. The minimum Gasteiger partial charge on any atom is -0.462 e. The molecule has 6 heteroatoms. The summed E-state index contributed by atoms with van der Waals surface area (Å²) in [7, 11) is 0. The van der Waals surface area contributed by atoms with Gasteiger partial charge in [-0.3, -0.25) is 14.4 Å². The van der Waals surface area contributed by atoms with E-state index in [4.69, 9.17) is 14.2 Å². The van der Waals surface area contributed by atoms with Crippen molar-refractivity contribution in [3.05, 3.63) is 0 Å². The average Bonchev–Trinajstić information content (AvgIpc) is 3.15. The Labute approximate surface area is 342 Å². The number of unbranched alkanes of at least 4 members (excludes halogenated alkanes) is 28. The van der Waals surface area contributed by atoms with Gasteiger partial charge < -0.3 is 14.2 Å². The Morgan fingerprint density at radius 2 is 0.600 bits per heavy atom. The molecule has 0 fully saturated rings. The Kier molecular flexibility index (Phi) is 40.8. The van der Waals surface area contributed by atoms with Gasteiger partial charge in [-0.25, -0.2) is 0 Å². The Bertz CT molecular complexity index is 839. The van der Waals surface area contributed by atoms with Crippen LogP contribution in [0.25, 0.3) is 0 Å². The molecule has 0 aromatic rings. The van der Waals surface area contributed by atoms with Crippen LogP contribution in [0.5, 0.6) is 0 Å². The highest BCUT2D eigenvalue weighted by Crippen LogP contribution is 2.17. The van der Waals surface area contributed by atoms with E-state index in [0.29, 0.717) is 19.3 Å². The molecule has 6 nitrogen and oxygen atoms in total. The molecule has 0 unspecified atom stereocenters. The van der Waals surface area contributed by atoms with Crippen LogP contribution in [0.4, 0.5) is 0 Å². The number of carbonyl (C=O) groups excluding carboxylic acids is 3. The zero-order valence-electron chi connectivity index (χ0n) is 37.6. The minimum atomic E-state index is -0.761. The molecule has 0 spiro atoms. The number of rotatable bonds is 43. The maximum absolute atomic E-state index is 12.7. The predicted molar refractivity (Wildman–Crippen MR) is 233 cm³/mol. The van der Waals surface area contributed by atoms with Crippen molar-refractivity contribution in [2.45, 2.75) is 272 Å². The minimum absolute atomic E-state index is 0.0649. The number of ether oxygens (including phenoxy) is 3. The van der Waals surface area contributed by atoms with Gasteiger partial charge in [0.25, 0.3) is 0 Å². The summed E-state index contributed by atoms with van der Waals surface area (Å²) in [5.41, 5.74) is 0. The summed E-state index contributed by atoms with van der Waals surface area (Å²) in [5.74, 6) is 0.756. The van der Waals surface area contributed by atoms with E-state index in [2.05, 4.69) is 34.6 Å². The molecule has 0 bridgehead atoms. The van der Waals surface area contributed by atoms with Crippen LogP contribution in [-0.4, -0.2) is 37.2 Å². The normalized spacial score (nSPS) is 12.1. The lowest BCUT2D eigenvalue weighted by Crippen LogP contribution is -2.30. The van der Waals surface area contributed by atoms with E-state index < -0.39 is 6.10 Å². The highest BCUT2D eigenvalue weighted by Gasteiger charge is 2.19. The van der Waals surface area contributed by atoms with Crippen LogP contribution >= 0.6 is 0 Å². The lowest BCUT2D eigenvalue weighted by molar-refractivity contribution is -0.167. The molecule has 0 aliphatic rings. The van der Waals surface area contributed by atoms with E-state index in [1.807, 2.05) is 0 Å². The van der Waals surface area contributed by atoms with Gasteiger partial charge in [-0.05, 0) is 31.1 Å². The van der Waals surface area contributed by atoms with Gasteiger partial charge in [-0.15, -0.1) is 0 Å². The highest BCUT2D eigenvalue weighted by molar-refractivity contribution is 5.71. The van der Waals surface area contributed by atoms with Crippen molar-refractivity contribution in [2.24, 2.45) is 11.8 Å². The van der Waals surface area contributed by atoms with Gasteiger partial charge in [0.1, 0.15) is 13.2 Å². The van der Waals surface area contributed by atoms with Crippen molar-refractivity contribution in [1.82, 2.24) is 0 Å². The fourth-order valence-electron chi connectivity index (χ4n) is 7.28. The molecule has 1 atom stereocenters. The summed E-state index contributed by atoms with van der Waals surface area (Å²) < 4.78 is 16.7. The molecular formula is C49H94O6. The molecule has 0 rings (SSSR count). The van der Waals surface area contributed by atoms with Gasteiger partial charge in [-0.2, -0.15) is 0 Å². The standard InChI is InChI=1S/C49H94O6/c1-6-7-8-9-10-11-12-16-19-24-29-34-39-47(50)53-42-46(55-49(52)41-36-31-26-21-23-28-33-38-45(4)5)43-54-48(51)40-35-30-25-20-17-14-13-15-18-22-27-32-37-44(2)3/h44-46H,6-43H2,1-5H3/t46-/m0/s1. The fraction of sp³-hybridized carbons (Fsp3) is 0.939. The molecule has 0 saturated carbocycles. The second kappa shape index (κ2) is 42.0. The van der Waals surface area contributed by atoms with Crippen molar-refractivity contribution >= 4 is 17.9 Å². The topological polar surface area (TPSA) is 78.9 Å². The lowest BCUT2D eigenvalue weighted by Gasteiger charge is -2.18. The van der Waals surface area contributed by atoms with Crippen LogP contribution in [-0.2, 0) is 28.6 Å². The van der Waals surface area contributed by atoms with Crippen molar-refractivity contribution in [3.63, 3.8) is 0 Å². The number of hydrogen-bond acceptors (Lipinski definition) is 6. The first-order valence-corrected chi connectivity index (χ1v) is 24.2. The highest BCUT2D eigenvalue weighted by atomic mass is 16.6. The van der Waals surface area contributed by atoms with Gasteiger partial charge >= 0.3 is 17.9 Å². The third-order valence-electron chi connectivity index (χ3n) is 11.0. The van der Waals surface area contributed by atoms with E-state index in [1.54, 1.807) is 0 Å². The van der Waals surface area contributed by atoms with Gasteiger partial charge in [-0.1, -0.05) is 227 Å². The Morgan fingerprint density at radius 3 is 0.891 bits per heavy atom. The molecule has 0 aliphatic heterocycles. The first kappa shape index (κ1) is 53.4. The van der Waals surface area contributed by atoms with E-state index >= 15 is 0 Å². The maximum Gasteiger partial charge on any atom is 0.306 e. The SMILES string of the molecule is CCCCCCCCCCCCCCC(=O)OC[C@@H](COC(=O)CCCCCCCCCCCCCCC(C)C)OC(=O)CCCCCCCCCC(C)C. The van der Waals surface area contributed by atoms with Crippen LogP contribution in [0.15, 0.2) is 0 Å².